The highest BCUT2D eigenvalue weighted by Crippen LogP contribution is 2.34. The molecule has 40 heavy (non-hydrogen) atoms. The SMILES string of the molecule is COc1ccc(N(CC(=O)N/N=C\c2c3ccccc3cc3ccccc23)S(=O)(=O)c2ccccc2)cc1OC. The molecule has 202 valence electrons. The maximum Gasteiger partial charge on any atom is 0.264 e. The Balaban J connectivity index is 1.46. The number of anilines is 1. The molecule has 5 aromatic carbocycles. The molecule has 0 aliphatic heterocycles. The highest BCUT2D eigenvalue weighted by molar-refractivity contribution is 7.92. The molecule has 8 nitrogen and oxygen atoms in total. The number of methoxy groups -OCH3 is 2. The van der Waals surface area contributed by atoms with E-state index in [0.717, 1.165) is 31.4 Å². The summed E-state index contributed by atoms with van der Waals surface area (Å²) in [7, 11) is -1.16. The van der Waals surface area contributed by atoms with Crippen LogP contribution in [0.2, 0.25) is 0 Å². The zero-order chi connectivity index (χ0) is 28.1. The fourth-order valence-corrected chi connectivity index (χ4v) is 5.97. The predicted molar refractivity (Wildman–Crippen MR) is 158 cm³/mol. The second kappa shape index (κ2) is 11.5. The molecule has 0 aliphatic rings. The maximum absolute atomic E-state index is 13.6. The van der Waals surface area contributed by atoms with E-state index < -0.39 is 22.5 Å². The van der Waals surface area contributed by atoms with Gasteiger partial charge in [0.25, 0.3) is 15.9 Å². The smallest absolute Gasteiger partial charge is 0.264 e. The van der Waals surface area contributed by atoms with Crippen molar-refractivity contribution in [2.24, 2.45) is 5.10 Å². The molecular formula is C31H27N3O5S. The lowest BCUT2D eigenvalue weighted by atomic mass is 9.97. The summed E-state index contributed by atoms with van der Waals surface area (Å²) in [5.41, 5.74) is 3.59. The van der Waals surface area contributed by atoms with Crippen LogP contribution in [0.15, 0.2) is 113 Å². The number of ether oxygens (including phenoxy) is 2. The van der Waals surface area contributed by atoms with Crippen LogP contribution in [-0.2, 0) is 14.8 Å². The first kappa shape index (κ1) is 26.7. The number of nitrogens with one attached hydrogen (secondary N) is 1. The van der Waals surface area contributed by atoms with E-state index >= 15 is 0 Å². The molecule has 0 bridgehead atoms. The molecule has 0 unspecified atom stereocenters. The van der Waals surface area contributed by atoms with Crippen LogP contribution >= 0.6 is 0 Å². The monoisotopic (exact) mass is 553 g/mol. The van der Waals surface area contributed by atoms with Gasteiger partial charge in [0, 0.05) is 11.6 Å². The van der Waals surface area contributed by atoms with Crippen LogP contribution in [0.3, 0.4) is 0 Å². The van der Waals surface area contributed by atoms with E-state index in [4.69, 9.17) is 9.47 Å². The van der Waals surface area contributed by atoms with Crippen molar-refractivity contribution in [2.45, 2.75) is 4.90 Å². The Bertz CT molecular complexity index is 1770. The molecule has 0 spiro atoms. The number of sulfonamides is 1. The molecule has 0 radical (unpaired) electrons. The zero-order valence-corrected chi connectivity index (χ0v) is 22.8. The van der Waals surface area contributed by atoms with Gasteiger partial charge in [0.2, 0.25) is 0 Å². The van der Waals surface area contributed by atoms with Gasteiger partial charge in [-0.15, -0.1) is 0 Å². The van der Waals surface area contributed by atoms with Crippen LogP contribution in [0.1, 0.15) is 5.56 Å². The summed E-state index contributed by atoms with van der Waals surface area (Å²) in [4.78, 5) is 13.2. The molecule has 0 aliphatic carbocycles. The number of nitrogens with zero attached hydrogens (tertiary/aromatic N) is 2. The topological polar surface area (TPSA) is 97.3 Å². The Morgan fingerprint density at radius 2 is 1.40 bits per heavy atom. The second-order valence-corrected chi connectivity index (χ2v) is 10.8. The molecule has 0 atom stereocenters. The van der Waals surface area contributed by atoms with Gasteiger partial charge in [0.15, 0.2) is 11.5 Å². The Hall–Kier alpha value is -4.89. The number of fused-ring (bicyclic) bond motifs is 2. The molecule has 5 rings (SSSR count). The number of hydrogen-bond acceptors (Lipinski definition) is 6. The summed E-state index contributed by atoms with van der Waals surface area (Å²) < 4.78 is 39.0. The maximum atomic E-state index is 13.6. The first-order valence-electron chi connectivity index (χ1n) is 12.4. The number of carbonyl (C=O) groups excluding carboxylic acids is 1. The molecule has 0 aromatic heterocycles. The lowest BCUT2D eigenvalue weighted by molar-refractivity contribution is -0.119. The average molecular weight is 554 g/mol. The van der Waals surface area contributed by atoms with Crippen molar-refractivity contribution in [3.05, 3.63) is 109 Å². The first-order chi connectivity index (χ1) is 19.4. The molecule has 5 aromatic rings. The molecule has 1 N–H and O–H groups in total. The van der Waals surface area contributed by atoms with Crippen LogP contribution < -0.4 is 19.2 Å². The number of hydrazone groups is 1. The van der Waals surface area contributed by atoms with Crippen molar-refractivity contribution in [3.8, 4) is 11.5 Å². The van der Waals surface area contributed by atoms with Gasteiger partial charge in [0.1, 0.15) is 6.54 Å². The van der Waals surface area contributed by atoms with Crippen molar-refractivity contribution in [1.29, 1.82) is 0 Å². The minimum absolute atomic E-state index is 0.0447. The van der Waals surface area contributed by atoms with Crippen molar-refractivity contribution in [3.63, 3.8) is 0 Å². The normalized spacial score (nSPS) is 11.6. The summed E-state index contributed by atoms with van der Waals surface area (Å²) in [6, 6.07) is 30.5. The number of hydrogen-bond donors (Lipinski definition) is 1. The van der Waals surface area contributed by atoms with E-state index in [9.17, 15) is 13.2 Å². The summed E-state index contributed by atoms with van der Waals surface area (Å²) in [5, 5.41) is 8.27. The van der Waals surface area contributed by atoms with Crippen LogP contribution in [0, 0.1) is 0 Å². The Morgan fingerprint density at radius 1 is 0.800 bits per heavy atom. The third-order valence-corrected chi connectivity index (χ3v) is 8.26. The van der Waals surface area contributed by atoms with E-state index in [-0.39, 0.29) is 10.6 Å². The van der Waals surface area contributed by atoms with E-state index in [1.807, 2.05) is 48.5 Å². The summed E-state index contributed by atoms with van der Waals surface area (Å²) in [5.74, 6) is 0.143. The van der Waals surface area contributed by atoms with Gasteiger partial charge in [-0.2, -0.15) is 5.10 Å². The standard InChI is InChI=1S/C31H27N3O5S/c1-38-29-17-16-24(19-30(29)39-2)34(40(36,37)25-12-4-3-5-13-25)21-31(35)33-32-20-28-26-14-8-6-10-22(26)18-23-11-7-9-15-27(23)28/h3-20H,21H2,1-2H3,(H,33,35)/b32-20-. The van der Waals surface area contributed by atoms with Crippen molar-refractivity contribution in [1.82, 2.24) is 5.43 Å². The van der Waals surface area contributed by atoms with Gasteiger partial charge in [-0.25, -0.2) is 13.8 Å². The fraction of sp³-hybridized carbons (Fsp3) is 0.0968. The largest absolute Gasteiger partial charge is 0.493 e. The molecule has 0 heterocycles. The summed E-state index contributed by atoms with van der Waals surface area (Å²) >= 11 is 0. The van der Waals surface area contributed by atoms with Gasteiger partial charge in [-0.3, -0.25) is 9.10 Å². The van der Waals surface area contributed by atoms with E-state index in [2.05, 4.69) is 16.6 Å². The number of amides is 1. The molecule has 0 saturated heterocycles. The second-order valence-electron chi connectivity index (χ2n) is 8.89. The number of benzene rings is 5. The zero-order valence-electron chi connectivity index (χ0n) is 21.9. The van der Waals surface area contributed by atoms with Gasteiger partial charge >= 0.3 is 0 Å². The van der Waals surface area contributed by atoms with Crippen LogP contribution in [0.25, 0.3) is 21.5 Å². The Kier molecular flexibility index (Phi) is 7.65. The van der Waals surface area contributed by atoms with Crippen LogP contribution in [0.4, 0.5) is 5.69 Å². The van der Waals surface area contributed by atoms with Gasteiger partial charge < -0.3 is 9.47 Å². The molecule has 1 amide bonds. The quantitative estimate of drug-likeness (QED) is 0.151. The predicted octanol–water partition coefficient (Wildman–Crippen LogP) is 5.36. The van der Waals surface area contributed by atoms with Crippen LogP contribution in [0.5, 0.6) is 11.5 Å². The third kappa shape index (κ3) is 5.32. The molecule has 9 heteroatoms. The Morgan fingerprint density at radius 3 is 2.02 bits per heavy atom. The van der Waals surface area contributed by atoms with E-state index in [1.165, 1.54) is 32.4 Å². The minimum Gasteiger partial charge on any atom is -0.493 e. The molecular weight excluding hydrogens is 526 g/mol. The highest BCUT2D eigenvalue weighted by atomic mass is 32.2. The first-order valence-corrected chi connectivity index (χ1v) is 13.9. The lowest BCUT2D eigenvalue weighted by Gasteiger charge is -2.24. The van der Waals surface area contributed by atoms with Gasteiger partial charge in [-0.1, -0.05) is 66.7 Å². The minimum atomic E-state index is -4.10. The average Bonchev–Trinajstić information content (AvgIpc) is 2.99. The van der Waals surface area contributed by atoms with Crippen molar-refractivity contribution < 1.29 is 22.7 Å². The third-order valence-electron chi connectivity index (χ3n) is 6.47. The van der Waals surface area contributed by atoms with Gasteiger partial charge in [-0.05, 0) is 51.9 Å². The summed E-state index contributed by atoms with van der Waals surface area (Å²) in [6.07, 6.45) is 1.59. The van der Waals surface area contributed by atoms with Crippen LogP contribution in [-0.4, -0.2) is 41.3 Å². The van der Waals surface area contributed by atoms with E-state index in [1.54, 1.807) is 36.5 Å². The van der Waals surface area contributed by atoms with E-state index in [0.29, 0.717) is 11.5 Å². The van der Waals surface area contributed by atoms with Gasteiger partial charge in [0.05, 0.1) is 31.0 Å². The highest BCUT2D eigenvalue weighted by Gasteiger charge is 2.28. The number of rotatable bonds is 9. The summed E-state index contributed by atoms with van der Waals surface area (Å²) in [6.45, 7) is -0.514. The molecule has 0 fully saturated rings. The fourth-order valence-electron chi connectivity index (χ4n) is 4.54. The Labute approximate surface area is 232 Å². The lowest BCUT2D eigenvalue weighted by Crippen LogP contribution is -2.39. The molecule has 0 saturated carbocycles. The van der Waals surface area contributed by atoms with Crippen molar-refractivity contribution in [2.75, 3.05) is 25.1 Å². The number of carbonyl (C=O) groups is 1. The van der Waals surface area contributed by atoms with Crippen molar-refractivity contribution >= 4 is 49.4 Å².